The van der Waals surface area contributed by atoms with Gasteiger partial charge in [0.2, 0.25) is 0 Å². The normalized spacial score (nSPS) is 13.3. The Morgan fingerprint density at radius 1 is 1.57 bits per heavy atom. The standard InChI is InChI=1S/C6H9Si/c1-3-4-5-6(2)7/h3-5H,1-2H3/b4-3-,6-5-. The summed E-state index contributed by atoms with van der Waals surface area (Å²) in [6.07, 6.45) is 5.98. The van der Waals surface area contributed by atoms with Crippen LogP contribution >= 0.6 is 0 Å². The minimum absolute atomic E-state index is 1.15. The Morgan fingerprint density at radius 3 is 2.29 bits per heavy atom. The van der Waals surface area contributed by atoms with E-state index in [1.807, 2.05) is 32.1 Å². The second kappa shape index (κ2) is 3.87. The molecule has 0 unspecified atom stereocenters. The van der Waals surface area contributed by atoms with Crippen molar-refractivity contribution < 1.29 is 0 Å². The van der Waals surface area contributed by atoms with Gasteiger partial charge in [-0.3, -0.25) is 0 Å². The van der Waals surface area contributed by atoms with Crippen molar-refractivity contribution in [1.29, 1.82) is 0 Å². The van der Waals surface area contributed by atoms with E-state index in [1.165, 1.54) is 0 Å². The number of hydrogen-bond acceptors (Lipinski definition) is 0. The predicted molar refractivity (Wildman–Crippen MR) is 34.3 cm³/mol. The molecule has 0 spiro atoms. The maximum atomic E-state index is 3.33. The number of allylic oxidation sites excluding steroid dienone is 4. The van der Waals surface area contributed by atoms with Crippen LogP contribution in [0.5, 0.6) is 0 Å². The Bertz CT molecular complexity index is 86.4. The van der Waals surface area contributed by atoms with Crippen LogP contribution in [0.4, 0.5) is 0 Å². The van der Waals surface area contributed by atoms with Crippen molar-refractivity contribution in [2.45, 2.75) is 13.8 Å². The zero-order valence-electron chi connectivity index (χ0n) is 4.73. The third-order valence-electron chi connectivity index (χ3n) is 0.539. The van der Waals surface area contributed by atoms with Gasteiger partial charge in [0, 0.05) is 0 Å². The van der Waals surface area contributed by atoms with Gasteiger partial charge < -0.3 is 0 Å². The summed E-state index contributed by atoms with van der Waals surface area (Å²) in [4.78, 5) is 0. The Balaban J connectivity index is 3.46. The highest BCUT2D eigenvalue weighted by Crippen LogP contribution is 1.82. The van der Waals surface area contributed by atoms with Crippen molar-refractivity contribution in [3.8, 4) is 0 Å². The molecule has 0 rings (SSSR count). The third-order valence-corrected chi connectivity index (χ3v) is 0.705. The first kappa shape index (κ1) is 6.70. The summed E-state index contributed by atoms with van der Waals surface area (Å²) in [7, 11) is 3.33. The molecule has 0 fully saturated rings. The van der Waals surface area contributed by atoms with Crippen LogP contribution in [0.15, 0.2) is 23.4 Å². The van der Waals surface area contributed by atoms with E-state index in [0.717, 1.165) is 5.20 Å². The van der Waals surface area contributed by atoms with E-state index in [2.05, 4.69) is 10.2 Å². The minimum Gasteiger partial charge on any atom is -0.0914 e. The molecule has 0 bridgehead atoms. The van der Waals surface area contributed by atoms with Crippen LogP contribution in [0, 0.1) is 0 Å². The van der Waals surface area contributed by atoms with Crippen molar-refractivity contribution in [2.24, 2.45) is 0 Å². The molecule has 0 heterocycles. The van der Waals surface area contributed by atoms with Crippen LogP contribution in [-0.2, 0) is 0 Å². The Hall–Kier alpha value is -0.303. The molecule has 0 N–H and O–H groups in total. The average Bonchev–Trinajstić information content (AvgIpc) is 1.61. The van der Waals surface area contributed by atoms with Crippen LogP contribution in [0.25, 0.3) is 0 Å². The van der Waals surface area contributed by atoms with Gasteiger partial charge in [-0.15, -0.1) is 0 Å². The zero-order valence-corrected chi connectivity index (χ0v) is 5.73. The van der Waals surface area contributed by atoms with Gasteiger partial charge >= 0.3 is 0 Å². The molecule has 0 aromatic rings. The monoisotopic (exact) mass is 109 g/mol. The summed E-state index contributed by atoms with van der Waals surface area (Å²) in [5.41, 5.74) is 0. The van der Waals surface area contributed by atoms with E-state index >= 15 is 0 Å². The largest absolute Gasteiger partial charge is 0.0914 e. The summed E-state index contributed by atoms with van der Waals surface area (Å²) in [5.74, 6) is 0. The smallest absolute Gasteiger partial charge is 0.0646 e. The lowest BCUT2D eigenvalue weighted by Crippen LogP contribution is -1.65. The first-order chi connectivity index (χ1) is 3.27. The van der Waals surface area contributed by atoms with Crippen molar-refractivity contribution in [3.05, 3.63) is 23.4 Å². The Morgan fingerprint density at radius 2 is 2.14 bits per heavy atom. The highest BCUT2D eigenvalue weighted by Gasteiger charge is 1.66. The van der Waals surface area contributed by atoms with E-state index < -0.39 is 0 Å². The minimum atomic E-state index is 1.15. The molecule has 0 amide bonds. The van der Waals surface area contributed by atoms with Crippen LogP contribution in [-0.4, -0.2) is 10.2 Å². The maximum absolute atomic E-state index is 3.33. The van der Waals surface area contributed by atoms with E-state index in [9.17, 15) is 0 Å². The molecule has 0 saturated carbocycles. The quantitative estimate of drug-likeness (QED) is 0.354. The molecule has 0 aromatic carbocycles. The Labute approximate surface area is 48.4 Å². The molecule has 0 aliphatic carbocycles. The molecular weight excluding hydrogens is 100 g/mol. The van der Waals surface area contributed by atoms with Gasteiger partial charge in [-0.05, 0) is 13.8 Å². The molecule has 0 saturated heterocycles. The molecule has 3 radical (unpaired) electrons. The zero-order chi connectivity index (χ0) is 5.70. The van der Waals surface area contributed by atoms with E-state index in [4.69, 9.17) is 0 Å². The highest BCUT2D eigenvalue weighted by atomic mass is 28.1. The fourth-order valence-corrected chi connectivity index (χ4v) is 0.337. The van der Waals surface area contributed by atoms with Crippen molar-refractivity contribution in [3.63, 3.8) is 0 Å². The molecule has 0 nitrogen and oxygen atoms in total. The van der Waals surface area contributed by atoms with Crippen LogP contribution in [0.3, 0.4) is 0 Å². The van der Waals surface area contributed by atoms with Crippen molar-refractivity contribution in [2.75, 3.05) is 0 Å². The lowest BCUT2D eigenvalue weighted by atomic mass is 10.5. The molecule has 0 aromatic heterocycles. The topological polar surface area (TPSA) is 0 Å². The fourth-order valence-electron chi connectivity index (χ4n) is 0.241. The second-order valence-electron chi connectivity index (χ2n) is 1.38. The van der Waals surface area contributed by atoms with Gasteiger partial charge in [0.05, 0.1) is 10.2 Å². The van der Waals surface area contributed by atoms with Crippen LogP contribution in [0.2, 0.25) is 0 Å². The highest BCUT2D eigenvalue weighted by molar-refractivity contribution is 6.21. The van der Waals surface area contributed by atoms with Crippen molar-refractivity contribution in [1.82, 2.24) is 0 Å². The van der Waals surface area contributed by atoms with Gasteiger partial charge in [-0.2, -0.15) is 0 Å². The van der Waals surface area contributed by atoms with E-state index in [1.54, 1.807) is 0 Å². The number of rotatable bonds is 1. The van der Waals surface area contributed by atoms with E-state index in [0.29, 0.717) is 0 Å². The van der Waals surface area contributed by atoms with Crippen LogP contribution < -0.4 is 0 Å². The predicted octanol–water partition coefficient (Wildman–Crippen LogP) is 1.63. The van der Waals surface area contributed by atoms with Crippen molar-refractivity contribution >= 4 is 10.2 Å². The summed E-state index contributed by atoms with van der Waals surface area (Å²) in [6, 6.07) is 0. The summed E-state index contributed by atoms with van der Waals surface area (Å²) < 4.78 is 0. The number of hydrogen-bond donors (Lipinski definition) is 0. The fraction of sp³-hybridized carbons (Fsp3) is 0.333. The Kier molecular flexibility index (Phi) is 3.70. The van der Waals surface area contributed by atoms with Gasteiger partial charge in [0.15, 0.2) is 0 Å². The molecule has 1 heteroatoms. The molecule has 37 valence electrons. The molecule has 0 atom stereocenters. The molecular formula is C6H9Si. The first-order valence-corrected chi connectivity index (χ1v) is 2.78. The second-order valence-corrected chi connectivity index (χ2v) is 2.16. The molecule has 0 aliphatic heterocycles. The first-order valence-electron chi connectivity index (χ1n) is 2.28. The lowest BCUT2D eigenvalue weighted by molar-refractivity contribution is 1.64. The lowest BCUT2D eigenvalue weighted by Gasteiger charge is -1.77. The molecule has 0 aliphatic rings. The molecule has 7 heavy (non-hydrogen) atoms. The van der Waals surface area contributed by atoms with Crippen LogP contribution in [0.1, 0.15) is 13.8 Å². The summed E-state index contributed by atoms with van der Waals surface area (Å²) in [5, 5.41) is 1.15. The van der Waals surface area contributed by atoms with Gasteiger partial charge in [-0.1, -0.05) is 23.4 Å². The summed E-state index contributed by atoms with van der Waals surface area (Å²) >= 11 is 0. The van der Waals surface area contributed by atoms with Gasteiger partial charge in [-0.25, -0.2) is 0 Å². The SMILES string of the molecule is C/C=C\C=C(\C)[Si]. The average molecular weight is 109 g/mol. The van der Waals surface area contributed by atoms with E-state index in [-0.39, 0.29) is 0 Å². The van der Waals surface area contributed by atoms with Gasteiger partial charge in [0.25, 0.3) is 0 Å². The third kappa shape index (κ3) is 5.70. The van der Waals surface area contributed by atoms with Gasteiger partial charge in [0.1, 0.15) is 0 Å². The summed E-state index contributed by atoms with van der Waals surface area (Å²) in [6.45, 7) is 3.99. The maximum Gasteiger partial charge on any atom is 0.0646 e.